The molecule has 1 aliphatic carbocycles. The van der Waals surface area contributed by atoms with Crippen LogP contribution < -0.4 is 5.32 Å². The Balaban J connectivity index is 1.66. The summed E-state index contributed by atoms with van der Waals surface area (Å²) in [5, 5.41) is 7.62. The Bertz CT molecular complexity index is 509. The van der Waals surface area contributed by atoms with Crippen LogP contribution in [0.25, 0.3) is 0 Å². The first-order chi connectivity index (χ1) is 10.7. The van der Waals surface area contributed by atoms with Gasteiger partial charge in [-0.15, -0.1) is 6.58 Å². The molecule has 120 valence electrons. The predicted octanol–water partition coefficient (Wildman–Crippen LogP) is 2.42. The molecule has 1 unspecified atom stereocenters. The summed E-state index contributed by atoms with van der Waals surface area (Å²) in [5.74, 6) is 0.105. The van der Waals surface area contributed by atoms with Crippen molar-refractivity contribution in [3.8, 4) is 0 Å². The van der Waals surface area contributed by atoms with Crippen LogP contribution in [0.2, 0.25) is 0 Å². The number of nitrogens with zero attached hydrogens (tertiary/aromatic N) is 1. The number of hydrogen-bond acceptors (Lipinski definition) is 4. The monoisotopic (exact) mass is 320 g/mol. The summed E-state index contributed by atoms with van der Waals surface area (Å²) in [7, 11) is 0. The smallest absolute Gasteiger partial charge is 0.249 e. The van der Waals surface area contributed by atoms with E-state index < -0.39 is 0 Å². The molecule has 1 aromatic heterocycles. The van der Waals surface area contributed by atoms with E-state index in [1.165, 1.54) is 18.4 Å². The van der Waals surface area contributed by atoms with E-state index >= 15 is 0 Å². The molecular formula is C17H24N2O2S. The average Bonchev–Trinajstić information content (AvgIpc) is 2.98. The molecule has 0 radical (unpaired) electrons. The zero-order valence-electron chi connectivity index (χ0n) is 12.9. The van der Waals surface area contributed by atoms with Gasteiger partial charge in [0.1, 0.15) is 6.61 Å². The van der Waals surface area contributed by atoms with Gasteiger partial charge in [0, 0.05) is 12.6 Å². The highest BCUT2D eigenvalue weighted by atomic mass is 32.1. The van der Waals surface area contributed by atoms with Gasteiger partial charge in [-0.3, -0.25) is 4.79 Å². The van der Waals surface area contributed by atoms with Gasteiger partial charge in [0.15, 0.2) is 0 Å². The Morgan fingerprint density at radius 1 is 1.55 bits per heavy atom. The molecule has 22 heavy (non-hydrogen) atoms. The van der Waals surface area contributed by atoms with Crippen LogP contribution in [0.3, 0.4) is 0 Å². The van der Waals surface area contributed by atoms with Crippen molar-refractivity contribution in [1.82, 2.24) is 10.2 Å². The molecule has 2 heterocycles. The topological polar surface area (TPSA) is 41.6 Å². The molecule has 0 bridgehead atoms. The lowest BCUT2D eigenvalue weighted by Crippen LogP contribution is -2.40. The summed E-state index contributed by atoms with van der Waals surface area (Å²) >= 11 is 1.68. The summed E-state index contributed by atoms with van der Waals surface area (Å²) in [4.78, 5) is 14.7. The molecule has 1 saturated carbocycles. The molecule has 2 fully saturated rings. The molecule has 0 aromatic carbocycles. The van der Waals surface area contributed by atoms with Crippen LogP contribution in [-0.4, -0.2) is 43.2 Å². The Labute approximate surface area is 136 Å². The van der Waals surface area contributed by atoms with Crippen molar-refractivity contribution in [3.63, 3.8) is 0 Å². The van der Waals surface area contributed by atoms with Crippen LogP contribution in [0.1, 0.15) is 24.8 Å². The molecule has 1 amide bonds. The van der Waals surface area contributed by atoms with Gasteiger partial charge < -0.3 is 15.0 Å². The van der Waals surface area contributed by atoms with Gasteiger partial charge in [0.2, 0.25) is 5.91 Å². The van der Waals surface area contributed by atoms with Crippen molar-refractivity contribution >= 4 is 17.2 Å². The number of carbonyl (C=O) groups is 1. The van der Waals surface area contributed by atoms with E-state index in [1.807, 2.05) is 0 Å². The maximum Gasteiger partial charge on any atom is 0.249 e. The molecule has 1 N–H and O–H groups in total. The fraction of sp³-hybridized carbons (Fsp3) is 0.588. The van der Waals surface area contributed by atoms with Crippen LogP contribution in [-0.2, 0) is 16.1 Å². The molecule has 1 aliphatic heterocycles. The zero-order chi connectivity index (χ0) is 15.4. The van der Waals surface area contributed by atoms with E-state index in [-0.39, 0.29) is 12.5 Å². The maximum absolute atomic E-state index is 12.6. The first-order valence-corrected chi connectivity index (χ1v) is 8.89. The van der Waals surface area contributed by atoms with Gasteiger partial charge in [-0.05, 0) is 60.2 Å². The fourth-order valence-electron chi connectivity index (χ4n) is 3.49. The van der Waals surface area contributed by atoms with Gasteiger partial charge in [-0.1, -0.05) is 6.08 Å². The van der Waals surface area contributed by atoms with Gasteiger partial charge in [-0.25, -0.2) is 0 Å². The number of carbonyl (C=O) groups excluding carboxylic acids is 1. The lowest BCUT2D eigenvalue weighted by molar-refractivity contribution is -0.137. The van der Waals surface area contributed by atoms with Gasteiger partial charge in [0.25, 0.3) is 0 Å². The average molecular weight is 320 g/mol. The van der Waals surface area contributed by atoms with E-state index in [0.29, 0.717) is 24.6 Å². The minimum atomic E-state index is 0.105. The summed E-state index contributed by atoms with van der Waals surface area (Å²) in [6, 6.07) is 2.49. The number of amides is 1. The second-order valence-corrected chi connectivity index (χ2v) is 7.07. The second kappa shape index (κ2) is 6.94. The molecular weight excluding hydrogens is 296 g/mol. The standard InChI is InChI=1S/C17H24N2O2S/c1-2-8-21-12-16(20)19(11-14-3-9-22-13-14)15-10-17(15)4-6-18-7-5-17/h2-3,9,13,15,18H,1,4-8,10-12H2. The number of piperidine rings is 1. The van der Waals surface area contributed by atoms with Crippen LogP contribution >= 0.6 is 11.3 Å². The van der Waals surface area contributed by atoms with Crippen molar-refractivity contribution in [2.75, 3.05) is 26.3 Å². The summed E-state index contributed by atoms with van der Waals surface area (Å²) in [6.45, 7) is 7.06. The highest BCUT2D eigenvalue weighted by Crippen LogP contribution is 2.56. The number of rotatable bonds is 7. The third kappa shape index (κ3) is 3.42. The minimum absolute atomic E-state index is 0.105. The van der Waals surface area contributed by atoms with E-state index in [1.54, 1.807) is 17.4 Å². The molecule has 1 spiro atoms. The Morgan fingerprint density at radius 3 is 3.05 bits per heavy atom. The number of hydrogen-bond donors (Lipinski definition) is 1. The van der Waals surface area contributed by atoms with Crippen LogP contribution in [0.5, 0.6) is 0 Å². The fourth-order valence-corrected chi connectivity index (χ4v) is 4.15. The van der Waals surface area contributed by atoms with Crippen LogP contribution in [0.15, 0.2) is 29.5 Å². The Hall–Kier alpha value is -1.17. The predicted molar refractivity (Wildman–Crippen MR) is 88.8 cm³/mol. The van der Waals surface area contributed by atoms with Gasteiger partial charge in [-0.2, -0.15) is 11.3 Å². The first kappa shape index (κ1) is 15.7. The first-order valence-electron chi connectivity index (χ1n) is 7.95. The van der Waals surface area contributed by atoms with Crippen LogP contribution in [0, 0.1) is 5.41 Å². The van der Waals surface area contributed by atoms with Crippen molar-refractivity contribution in [3.05, 3.63) is 35.0 Å². The van der Waals surface area contributed by atoms with Crippen LogP contribution in [0.4, 0.5) is 0 Å². The zero-order valence-corrected chi connectivity index (χ0v) is 13.7. The van der Waals surface area contributed by atoms with Crippen molar-refractivity contribution in [2.24, 2.45) is 5.41 Å². The number of ether oxygens (including phenoxy) is 1. The second-order valence-electron chi connectivity index (χ2n) is 6.29. The number of thiophene rings is 1. The van der Waals surface area contributed by atoms with Crippen molar-refractivity contribution < 1.29 is 9.53 Å². The quantitative estimate of drug-likeness (QED) is 0.620. The minimum Gasteiger partial charge on any atom is -0.368 e. The van der Waals surface area contributed by atoms with E-state index in [4.69, 9.17) is 4.74 Å². The highest BCUT2D eigenvalue weighted by Gasteiger charge is 2.57. The molecule has 1 saturated heterocycles. The van der Waals surface area contributed by atoms with Crippen molar-refractivity contribution in [2.45, 2.75) is 31.8 Å². The molecule has 1 atom stereocenters. The largest absolute Gasteiger partial charge is 0.368 e. The summed E-state index contributed by atoms with van der Waals surface area (Å²) in [5.41, 5.74) is 1.58. The third-order valence-corrected chi connectivity index (χ3v) is 5.57. The highest BCUT2D eigenvalue weighted by molar-refractivity contribution is 7.07. The van der Waals surface area contributed by atoms with Gasteiger partial charge >= 0.3 is 0 Å². The SMILES string of the molecule is C=CCOCC(=O)N(Cc1ccsc1)C1CC12CCNCC2. The van der Waals surface area contributed by atoms with E-state index in [0.717, 1.165) is 19.5 Å². The van der Waals surface area contributed by atoms with E-state index in [9.17, 15) is 4.79 Å². The normalized spacial score (nSPS) is 22.5. The molecule has 1 aromatic rings. The Kier molecular flexibility index (Phi) is 4.96. The van der Waals surface area contributed by atoms with Gasteiger partial charge in [0.05, 0.1) is 6.61 Å². The maximum atomic E-state index is 12.6. The molecule has 3 rings (SSSR count). The van der Waals surface area contributed by atoms with Crippen molar-refractivity contribution in [1.29, 1.82) is 0 Å². The van der Waals surface area contributed by atoms with E-state index in [2.05, 4.69) is 33.6 Å². The lowest BCUT2D eigenvalue weighted by atomic mass is 9.93. The molecule has 2 aliphatic rings. The summed E-state index contributed by atoms with van der Waals surface area (Å²) < 4.78 is 5.38. The Morgan fingerprint density at radius 2 is 2.36 bits per heavy atom. The molecule has 4 nitrogen and oxygen atoms in total. The third-order valence-electron chi connectivity index (χ3n) is 4.84. The summed E-state index contributed by atoms with van der Waals surface area (Å²) in [6.07, 6.45) is 5.19. The lowest BCUT2D eigenvalue weighted by Gasteiger charge is -2.29. The molecule has 5 heteroatoms. The number of nitrogens with one attached hydrogen (secondary N) is 1.